The minimum atomic E-state index is 0.694. The molecule has 10 heavy (non-hydrogen) atoms. The van der Waals surface area contributed by atoms with Crippen LogP contribution in [0.2, 0.25) is 0 Å². The van der Waals surface area contributed by atoms with Crippen LogP contribution in [0, 0.1) is 6.92 Å². The summed E-state index contributed by atoms with van der Waals surface area (Å²) < 4.78 is 1.05. The van der Waals surface area contributed by atoms with Gasteiger partial charge in [-0.25, -0.2) is 0 Å². The van der Waals surface area contributed by atoms with Crippen molar-refractivity contribution in [2.24, 2.45) is 0 Å². The van der Waals surface area contributed by atoms with Crippen molar-refractivity contribution in [3.05, 3.63) is 23.9 Å². The molecule has 1 aromatic heterocycles. The van der Waals surface area contributed by atoms with Crippen LogP contribution in [0.3, 0.4) is 0 Å². The van der Waals surface area contributed by atoms with E-state index in [1.54, 1.807) is 13.2 Å². The van der Waals surface area contributed by atoms with E-state index in [1.165, 1.54) is 0 Å². The van der Waals surface area contributed by atoms with Crippen molar-refractivity contribution in [2.45, 2.75) is 6.92 Å². The second-order valence-corrected chi connectivity index (χ2v) is 2.18. The summed E-state index contributed by atoms with van der Waals surface area (Å²) in [6.07, 6.45) is 1.60. The van der Waals surface area contributed by atoms with Crippen molar-refractivity contribution in [3.8, 4) is 0 Å². The van der Waals surface area contributed by atoms with E-state index in [9.17, 15) is 0 Å². The molecule has 0 amide bonds. The molecule has 0 aliphatic heterocycles. The average Bonchev–Trinajstić information content (AvgIpc) is 1.94. The van der Waals surface area contributed by atoms with E-state index in [1.807, 2.05) is 19.1 Å². The standard InChI is InChI=1S/C7H10N2O/c1-6-3-4-9(10)7(5-6)8-2/h3-5,10H,1-2H3/p+1. The van der Waals surface area contributed by atoms with Crippen LogP contribution < -0.4 is 10.0 Å². The Morgan fingerprint density at radius 2 is 2.30 bits per heavy atom. The van der Waals surface area contributed by atoms with Crippen LogP contribution in [-0.2, 0) is 0 Å². The first-order chi connectivity index (χ1) is 4.74. The maximum atomic E-state index is 9.09. The Morgan fingerprint density at radius 3 is 2.80 bits per heavy atom. The molecule has 2 N–H and O–H groups in total. The SMILES string of the molecule is CNc1cc(C)cc[n+]1O. The fourth-order valence-electron chi connectivity index (χ4n) is 0.785. The van der Waals surface area contributed by atoms with Gasteiger partial charge in [-0.3, -0.25) is 5.32 Å². The minimum Gasteiger partial charge on any atom is -0.350 e. The summed E-state index contributed by atoms with van der Waals surface area (Å²) in [5, 5.41) is 11.9. The quantitative estimate of drug-likeness (QED) is 0.440. The fourth-order valence-corrected chi connectivity index (χ4v) is 0.785. The molecule has 0 fully saturated rings. The van der Waals surface area contributed by atoms with Gasteiger partial charge >= 0.3 is 5.82 Å². The van der Waals surface area contributed by atoms with Crippen molar-refractivity contribution in [1.82, 2.24) is 0 Å². The largest absolute Gasteiger partial charge is 0.350 e. The van der Waals surface area contributed by atoms with Gasteiger partial charge < -0.3 is 5.21 Å². The molecule has 0 aliphatic carbocycles. The lowest BCUT2D eigenvalue weighted by molar-refractivity contribution is -0.893. The Hall–Kier alpha value is -1.25. The van der Waals surface area contributed by atoms with E-state index in [0.717, 1.165) is 10.3 Å². The Morgan fingerprint density at radius 1 is 1.60 bits per heavy atom. The molecule has 0 bridgehead atoms. The molecule has 0 saturated carbocycles. The lowest BCUT2D eigenvalue weighted by Crippen LogP contribution is -2.32. The predicted molar refractivity (Wildman–Crippen MR) is 38.1 cm³/mol. The maximum absolute atomic E-state index is 9.09. The molecule has 0 saturated heterocycles. The van der Waals surface area contributed by atoms with E-state index < -0.39 is 0 Å². The second-order valence-electron chi connectivity index (χ2n) is 2.18. The van der Waals surface area contributed by atoms with E-state index in [2.05, 4.69) is 5.32 Å². The van der Waals surface area contributed by atoms with E-state index in [0.29, 0.717) is 5.82 Å². The molecule has 0 spiro atoms. The monoisotopic (exact) mass is 139 g/mol. The number of anilines is 1. The van der Waals surface area contributed by atoms with E-state index >= 15 is 0 Å². The zero-order chi connectivity index (χ0) is 7.56. The van der Waals surface area contributed by atoms with Crippen LogP contribution in [0.1, 0.15) is 5.56 Å². The highest BCUT2D eigenvalue weighted by Gasteiger charge is 2.02. The van der Waals surface area contributed by atoms with Crippen LogP contribution in [-0.4, -0.2) is 12.3 Å². The van der Waals surface area contributed by atoms with Gasteiger partial charge in [-0.1, -0.05) is 4.73 Å². The third-order valence-corrected chi connectivity index (χ3v) is 1.35. The van der Waals surface area contributed by atoms with Gasteiger partial charge in [0.05, 0.1) is 7.05 Å². The van der Waals surface area contributed by atoms with Gasteiger partial charge in [0.1, 0.15) is 6.20 Å². The van der Waals surface area contributed by atoms with Gasteiger partial charge in [0.15, 0.2) is 0 Å². The topological polar surface area (TPSA) is 36.1 Å². The number of aromatic nitrogens is 1. The number of aryl methyl sites for hydroxylation is 1. The number of rotatable bonds is 1. The Bertz CT molecular complexity index is 235. The fraction of sp³-hybridized carbons (Fsp3) is 0.286. The zero-order valence-electron chi connectivity index (χ0n) is 6.13. The highest BCUT2D eigenvalue weighted by Crippen LogP contribution is 2.00. The second kappa shape index (κ2) is 2.56. The van der Waals surface area contributed by atoms with Crippen molar-refractivity contribution in [2.75, 3.05) is 12.4 Å². The number of nitrogens with one attached hydrogen (secondary N) is 1. The summed E-state index contributed by atoms with van der Waals surface area (Å²) in [6.45, 7) is 1.97. The van der Waals surface area contributed by atoms with Gasteiger partial charge in [-0.15, -0.1) is 0 Å². The first-order valence-corrected chi connectivity index (χ1v) is 3.13. The molecular formula is C7H11N2O+. The van der Waals surface area contributed by atoms with Gasteiger partial charge in [0, 0.05) is 6.07 Å². The van der Waals surface area contributed by atoms with Crippen molar-refractivity contribution < 1.29 is 9.94 Å². The summed E-state index contributed by atoms with van der Waals surface area (Å²) in [7, 11) is 1.77. The molecule has 0 atom stereocenters. The molecule has 3 nitrogen and oxygen atoms in total. The molecule has 0 aromatic carbocycles. The van der Waals surface area contributed by atoms with Crippen molar-refractivity contribution in [3.63, 3.8) is 0 Å². The van der Waals surface area contributed by atoms with Crippen LogP contribution in [0.15, 0.2) is 18.3 Å². The molecule has 0 unspecified atom stereocenters. The van der Waals surface area contributed by atoms with E-state index in [4.69, 9.17) is 5.21 Å². The van der Waals surface area contributed by atoms with Crippen molar-refractivity contribution in [1.29, 1.82) is 0 Å². The minimum absolute atomic E-state index is 0.694. The zero-order valence-corrected chi connectivity index (χ0v) is 6.13. The Labute approximate surface area is 59.9 Å². The lowest BCUT2D eigenvalue weighted by Gasteiger charge is -1.96. The van der Waals surface area contributed by atoms with Gasteiger partial charge in [-0.2, -0.15) is 0 Å². The summed E-state index contributed by atoms with van der Waals surface area (Å²) >= 11 is 0. The van der Waals surface area contributed by atoms with Gasteiger partial charge in [-0.05, 0) is 18.6 Å². The van der Waals surface area contributed by atoms with Crippen LogP contribution in [0.5, 0.6) is 0 Å². The summed E-state index contributed by atoms with van der Waals surface area (Å²) in [6, 6.07) is 3.70. The van der Waals surface area contributed by atoms with Crippen LogP contribution >= 0.6 is 0 Å². The molecule has 1 aromatic rings. The maximum Gasteiger partial charge on any atom is 0.313 e. The van der Waals surface area contributed by atoms with Gasteiger partial charge in [0.2, 0.25) is 0 Å². The number of pyridine rings is 1. The normalized spacial score (nSPS) is 9.40. The third-order valence-electron chi connectivity index (χ3n) is 1.35. The summed E-state index contributed by atoms with van der Waals surface area (Å²) in [5.41, 5.74) is 1.12. The van der Waals surface area contributed by atoms with Crippen LogP contribution in [0.25, 0.3) is 0 Å². The molecule has 1 heterocycles. The highest BCUT2D eigenvalue weighted by molar-refractivity contribution is 5.30. The predicted octanol–water partition coefficient (Wildman–Crippen LogP) is 0.562. The first kappa shape index (κ1) is 6.86. The summed E-state index contributed by atoms with van der Waals surface area (Å²) in [5.74, 6) is 0.694. The van der Waals surface area contributed by atoms with Gasteiger partial charge in [0.25, 0.3) is 0 Å². The number of hydrogen-bond donors (Lipinski definition) is 2. The smallest absolute Gasteiger partial charge is 0.313 e. The first-order valence-electron chi connectivity index (χ1n) is 3.13. The molecular weight excluding hydrogens is 128 g/mol. The number of hydrogen-bond acceptors (Lipinski definition) is 2. The third kappa shape index (κ3) is 1.18. The molecule has 54 valence electrons. The molecule has 0 aliphatic rings. The van der Waals surface area contributed by atoms with Crippen molar-refractivity contribution >= 4 is 5.82 Å². The summed E-state index contributed by atoms with van der Waals surface area (Å²) in [4.78, 5) is 0. The molecule has 3 heteroatoms. The Balaban J connectivity index is 3.09. The highest BCUT2D eigenvalue weighted by atomic mass is 16.5. The molecule has 0 radical (unpaired) electrons. The number of nitrogens with zero attached hydrogens (tertiary/aromatic N) is 1. The van der Waals surface area contributed by atoms with E-state index in [-0.39, 0.29) is 0 Å². The lowest BCUT2D eigenvalue weighted by atomic mass is 10.3. The average molecular weight is 139 g/mol. The Kier molecular flexibility index (Phi) is 1.76. The van der Waals surface area contributed by atoms with Crippen LogP contribution in [0.4, 0.5) is 5.82 Å². The molecule has 1 rings (SSSR count).